The Balaban J connectivity index is 1.74. The van der Waals surface area contributed by atoms with E-state index < -0.39 is 6.04 Å². The van der Waals surface area contributed by atoms with E-state index in [4.69, 9.17) is 23.2 Å². The molecule has 0 spiro atoms. The molecular formula is C15H16Cl2N2O2. The van der Waals surface area contributed by atoms with Crippen LogP contribution in [0.3, 0.4) is 0 Å². The second kappa shape index (κ2) is 5.85. The van der Waals surface area contributed by atoms with Crippen LogP contribution < -0.4 is 5.32 Å². The number of carbonyl (C=O) groups is 2. The molecule has 1 saturated carbocycles. The van der Waals surface area contributed by atoms with E-state index in [1.165, 1.54) is 4.90 Å². The van der Waals surface area contributed by atoms with Gasteiger partial charge in [0.1, 0.15) is 6.04 Å². The van der Waals surface area contributed by atoms with Gasteiger partial charge in [0.25, 0.3) is 5.91 Å². The zero-order chi connectivity index (χ0) is 15.0. The minimum absolute atomic E-state index is 0.0831. The van der Waals surface area contributed by atoms with Crippen molar-refractivity contribution in [2.24, 2.45) is 0 Å². The normalized spacial score (nSPS) is 23.1. The molecule has 0 radical (unpaired) electrons. The van der Waals surface area contributed by atoms with E-state index in [0.29, 0.717) is 15.7 Å². The average Bonchev–Trinajstić information content (AvgIpc) is 2.98. The van der Waals surface area contributed by atoms with E-state index >= 15 is 0 Å². The Labute approximate surface area is 133 Å². The number of hydrogen-bond acceptors (Lipinski definition) is 3. The van der Waals surface area contributed by atoms with Crippen LogP contribution in [-0.2, 0) is 9.59 Å². The average molecular weight is 327 g/mol. The summed E-state index contributed by atoms with van der Waals surface area (Å²) in [5, 5.41) is 4.06. The van der Waals surface area contributed by atoms with Crippen molar-refractivity contribution in [3.63, 3.8) is 0 Å². The van der Waals surface area contributed by atoms with Gasteiger partial charge in [-0.3, -0.25) is 14.5 Å². The highest BCUT2D eigenvalue weighted by Crippen LogP contribution is 2.30. The van der Waals surface area contributed by atoms with E-state index in [9.17, 15) is 9.59 Å². The van der Waals surface area contributed by atoms with Gasteiger partial charge in [0, 0.05) is 21.8 Å². The third-order valence-corrected chi connectivity index (χ3v) is 4.51. The number of anilines is 1. The maximum absolute atomic E-state index is 12.5. The first-order valence-electron chi connectivity index (χ1n) is 7.13. The minimum atomic E-state index is -0.521. The van der Waals surface area contributed by atoms with Gasteiger partial charge in [-0.05, 0) is 31.0 Å². The molecular weight excluding hydrogens is 311 g/mol. The molecule has 1 aromatic carbocycles. The minimum Gasteiger partial charge on any atom is -0.373 e. The maximum Gasteiger partial charge on any atom is 0.252 e. The van der Waals surface area contributed by atoms with Gasteiger partial charge >= 0.3 is 0 Å². The number of hydrogen-bond donors (Lipinski definition) is 1. The van der Waals surface area contributed by atoms with Crippen molar-refractivity contribution in [1.82, 2.24) is 4.90 Å². The quantitative estimate of drug-likeness (QED) is 0.865. The predicted octanol–water partition coefficient (Wildman–Crippen LogP) is 3.48. The van der Waals surface area contributed by atoms with Crippen LogP contribution >= 0.6 is 23.2 Å². The lowest BCUT2D eigenvalue weighted by atomic mass is 10.2. The molecule has 1 aromatic rings. The number of halogens is 2. The molecule has 1 saturated heterocycles. The third kappa shape index (κ3) is 3.01. The fourth-order valence-electron chi connectivity index (χ4n) is 3.15. The Morgan fingerprint density at radius 3 is 2.29 bits per heavy atom. The Bertz CT molecular complexity index is 565. The Kier molecular flexibility index (Phi) is 4.09. The SMILES string of the molecule is O=C1CC(Nc2cc(Cl)cc(Cl)c2)C(=O)N1C1CCCC1. The van der Waals surface area contributed by atoms with Gasteiger partial charge in [-0.15, -0.1) is 0 Å². The second-order valence-corrected chi connectivity index (χ2v) is 6.47. The fourth-order valence-corrected chi connectivity index (χ4v) is 3.67. The Morgan fingerprint density at radius 1 is 1.05 bits per heavy atom. The summed E-state index contributed by atoms with van der Waals surface area (Å²) in [6, 6.07) is 4.58. The molecule has 1 heterocycles. The van der Waals surface area contributed by atoms with Crippen LogP contribution in [0.15, 0.2) is 18.2 Å². The standard InChI is InChI=1S/C15H16Cl2N2O2/c16-9-5-10(17)7-11(6-9)18-13-8-14(20)19(15(13)21)12-3-1-2-4-12/h5-7,12-13,18H,1-4,8H2. The summed E-state index contributed by atoms with van der Waals surface area (Å²) in [7, 11) is 0. The number of amides is 2. The Hall–Kier alpha value is -1.26. The first kappa shape index (κ1) is 14.7. The summed E-state index contributed by atoms with van der Waals surface area (Å²) < 4.78 is 0. The lowest BCUT2D eigenvalue weighted by Gasteiger charge is -2.22. The summed E-state index contributed by atoms with van der Waals surface area (Å²) in [6.45, 7) is 0. The summed E-state index contributed by atoms with van der Waals surface area (Å²) in [5.74, 6) is -0.222. The summed E-state index contributed by atoms with van der Waals surface area (Å²) in [6.07, 6.45) is 4.22. The van der Waals surface area contributed by atoms with Crippen LogP contribution in [0.25, 0.3) is 0 Å². The third-order valence-electron chi connectivity index (χ3n) is 4.08. The van der Waals surface area contributed by atoms with Crippen LogP contribution in [-0.4, -0.2) is 28.8 Å². The first-order valence-corrected chi connectivity index (χ1v) is 7.89. The highest BCUT2D eigenvalue weighted by Gasteiger charge is 2.42. The topological polar surface area (TPSA) is 49.4 Å². The van der Waals surface area contributed by atoms with E-state index in [2.05, 4.69) is 5.32 Å². The van der Waals surface area contributed by atoms with Crippen LogP contribution in [0.5, 0.6) is 0 Å². The van der Waals surface area contributed by atoms with E-state index in [0.717, 1.165) is 25.7 Å². The van der Waals surface area contributed by atoms with E-state index in [1.807, 2.05) is 0 Å². The molecule has 4 nitrogen and oxygen atoms in total. The summed E-state index contributed by atoms with van der Waals surface area (Å²) in [4.78, 5) is 26.0. The number of imide groups is 1. The first-order chi connectivity index (χ1) is 10.0. The van der Waals surface area contributed by atoms with Gasteiger partial charge < -0.3 is 5.32 Å². The molecule has 1 aliphatic heterocycles. The molecule has 21 heavy (non-hydrogen) atoms. The largest absolute Gasteiger partial charge is 0.373 e. The van der Waals surface area contributed by atoms with Gasteiger partial charge in [-0.25, -0.2) is 0 Å². The lowest BCUT2D eigenvalue weighted by molar-refractivity contribution is -0.141. The zero-order valence-electron chi connectivity index (χ0n) is 11.4. The van der Waals surface area contributed by atoms with E-state index in [-0.39, 0.29) is 24.3 Å². The molecule has 1 atom stereocenters. The number of rotatable bonds is 3. The number of likely N-dealkylation sites (tertiary alicyclic amines) is 1. The van der Waals surface area contributed by atoms with Crippen molar-refractivity contribution in [2.45, 2.75) is 44.2 Å². The molecule has 0 bridgehead atoms. The van der Waals surface area contributed by atoms with Crippen molar-refractivity contribution >= 4 is 40.7 Å². The molecule has 3 rings (SSSR count). The number of nitrogens with one attached hydrogen (secondary N) is 1. The maximum atomic E-state index is 12.5. The van der Waals surface area contributed by atoms with E-state index in [1.54, 1.807) is 18.2 Å². The predicted molar refractivity (Wildman–Crippen MR) is 82.6 cm³/mol. The Morgan fingerprint density at radius 2 is 1.67 bits per heavy atom. The van der Waals surface area contributed by atoms with Gasteiger partial charge in [-0.2, -0.15) is 0 Å². The van der Waals surface area contributed by atoms with Crippen LogP contribution in [0, 0.1) is 0 Å². The summed E-state index contributed by atoms with van der Waals surface area (Å²) in [5.41, 5.74) is 0.659. The number of nitrogens with zero attached hydrogens (tertiary/aromatic N) is 1. The van der Waals surface area contributed by atoms with Crippen molar-refractivity contribution < 1.29 is 9.59 Å². The smallest absolute Gasteiger partial charge is 0.252 e. The second-order valence-electron chi connectivity index (χ2n) is 5.60. The monoisotopic (exact) mass is 326 g/mol. The van der Waals surface area contributed by atoms with Crippen LogP contribution in [0.2, 0.25) is 10.0 Å². The van der Waals surface area contributed by atoms with Gasteiger partial charge in [0.2, 0.25) is 5.91 Å². The molecule has 1 unspecified atom stereocenters. The molecule has 2 aliphatic rings. The van der Waals surface area contributed by atoms with Crippen molar-refractivity contribution in [3.8, 4) is 0 Å². The molecule has 2 amide bonds. The fraction of sp³-hybridized carbons (Fsp3) is 0.467. The van der Waals surface area contributed by atoms with Gasteiger partial charge in [-0.1, -0.05) is 36.0 Å². The number of carbonyl (C=O) groups excluding carboxylic acids is 2. The van der Waals surface area contributed by atoms with Gasteiger partial charge in [0.05, 0.1) is 6.42 Å². The summed E-state index contributed by atoms with van der Waals surface area (Å²) >= 11 is 11.9. The highest BCUT2D eigenvalue weighted by atomic mass is 35.5. The van der Waals surface area contributed by atoms with Gasteiger partial charge in [0.15, 0.2) is 0 Å². The molecule has 6 heteroatoms. The van der Waals surface area contributed by atoms with Crippen LogP contribution in [0.1, 0.15) is 32.1 Å². The molecule has 1 aliphatic carbocycles. The van der Waals surface area contributed by atoms with Crippen molar-refractivity contribution in [2.75, 3.05) is 5.32 Å². The molecule has 2 fully saturated rings. The molecule has 1 N–H and O–H groups in total. The van der Waals surface area contributed by atoms with Crippen LogP contribution in [0.4, 0.5) is 5.69 Å². The molecule has 0 aromatic heterocycles. The highest BCUT2D eigenvalue weighted by molar-refractivity contribution is 6.35. The number of benzene rings is 1. The lowest BCUT2D eigenvalue weighted by Crippen LogP contribution is -2.40. The van der Waals surface area contributed by atoms with Crippen molar-refractivity contribution in [3.05, 3.63) is 28.2 Å². The van der Waals surface area contributed by atoms with Crippen molar-refractivity contribution in [1.29, 1.82) is 0 Å². The zero-order valence-corrected chi connectivity index (χ0v) is 13.0. The molecule has 112 valence electrons.